The molecule has 0 atom stereocenters. The zero-order valence-electron chi connectivity index (χ0n) is 26.7. The van der Waals surface area contributed by atoms with Crippen molar-refractivity contribution in [1.82, 2.24) is 15.0 Å². The van der Waals surface area contributed by atoms with Crippen molar-refractivity contribution in [3.8, 4) is 56.4 Å². The fourth-order valence-electron chi connectivity index (χ4n) is 6.89. The van der Waals surface area contributed by atoms with Crippen molar-refractivity contribution < 1.29 is 4.42 Å². The van der Waals surface area contributed by atoms with Crippen LogP contribution < -0.4 is 0 Å². The number of hydrogen-bond acceptors (Lipinski definition) is 5. The smallest absolute Gasteiger partial charge is 0.164 e. The SMILES string of the molecule is c1ccc(-c2nc(-c3ccccc3)nc(-c3ccc(-c4ccc5c(c4)sc4ccccc45)cc3-c3ccc4oc5ccccc5c4c3)n2)cc1. The molecule has 234 valence electrons. The number of benzene rings is 7. The molecular formula is C45H27N3OS. The predicted molar refractivity (Wildman–Crippen MR) is 207 cm³/mol. The molecule has 0 bridgehead atoms. The van der Waals surface area contributed by atoms with E-state index in [1.165, 1.54) is 20.2 Å². The Bertz CT molecular complexity index is 2820. The highest BCUT2D eigenvalue weighted by Crippen LogP contribution is 2.41. The minimum atomic E-state index is 0.622. The number of nitrogens with zero attached hydrogens (tertiary/aromatic N) is 3. The van der Waals surface area contributed by atoms with Crippen LogP contribution in [0.2, 0.25) is 0 Å². The van der Waals surface area contributed by atoms with Crippen LogP contribution in [0.25, 0.3) is 98.5 Å². The quantitative estimate of drug-likeness (QED) is 0.185. The van der Waals surface area contributed by atoms with Gasteiger partial charge in [-0.3, -0.25) is 0 Å². The molecule has 0 spiro atoms. The highest BCUT2D eigenvalue weighted by Gasteiger charge is 2.18. The first-order chi connectivity index (χ1) is 24.7. The van der Waals surface area contributed by atoms with Crippen LogP contribution in [0.5, 0.6) is 0 Å². The molecule has 7 aromatic carbocycles. The van der Waals surface area contributed by atoms with Crippen LogP contribution in [-0.2, 0) is 0 Å². The topological polar surface area (TPSA) is 51.8 Å². The molecule has 4 nitrogen and oxygen atoms in total. The number of aromatic nitrogens is 3. The third kappa shape index (κ3) is 4.87. The number of para-hydroxylation sites is 1. The molecule has 0 aliphatic carbocycles. The average molecular weight is 658 g/mol. The maximum atomic E-state index is 6.21. The molecule has 0 aliphatic rings. The highest BCUT2D eigenvalue weighted by molar-refractivity contribution is 7.25. The van der Waals surface area contributed by atoms with Gasteiger partial charge in [-0.25, -0.2) is 15.0 Å². The molecule has 0 N–H and O–H groups in total. The lowest BCUT2D eigenvalue weighted by Gasteiger charge is -2.14. The van der Waals surface area contributed by atoms with Gasteiger partial charge < -0.3 is 4.42 Å². The van der Waals surface area contributed by atoms with E-state index in [0.29, 0.717) is 17.5 Å². The van der Waals surface area contributed by atoms with Gasteiger partial charge in [-0.1, -0.05) is 121 Å². The molecule has 10 rings (SSSR count). The van der Waals surface area contributed by atoms with Crippen molar-refractivity contribution in [2.75, 3.05) is 0 Å². The maximum absolute atomic E-state index is 6.21. The van der Waals surface area contributed by atoms with Crippen molar-refractivity contribution >= 4 is 53.4 Å². The largest absolute Gasteiger partial charge is 0.456 e. The summed E-state index contributed by atoms with van der Waals surface area (Å²) in [7, 11) is 0. The van der Waals surface area contributed by atoms with E-state index in [9.17, 15) is 0 Å². The van der Waals surface area contributed by atoms with Crippen LogP contribution >= 0.6 is 11.3 Å². The molecule has 0 saturated heterocycles. The van der Waals surface area contributed by atoms with Gasteiger partial charge in [-0.15, -0.1) is 11.3 Å². The Kier molecular flexibility index (Phi) is 6.64. The Hall–Kier alpha value is -6.43. The van der Waals surface area contributed by atoms with Gasteiger partial charge in [0.1, 0.15) is 11.2 Å². The number of thiophene rings is 1. The van der Waals surface area contributed by atoms with Crippen molar-refractivity contribution in [3.05, 3.63) is 164 Å². The molecule has 50 heavy (non-hydrogen) atoms. The van der Waals surface area contributed by atoms with Crippen molar-refractivity contribution in [3.63, 3.8) is 0 Å². The average Bonchev–Trinajstić information content (AvgIpc) is 3.76. The van der Waals surface area contributed by atoms with Crippen LogP contribution in [0.4, 0.5) is 0 Å². The van der Waals surface area contributed by atoms with E-state index in [0.717, 1.165) is 60.9 Å². The Morgan fingerprint density at radius 1 is 0.340 bits per heavy atom. The summed E-state index contributed by atoms with van der Waals surface area (Å²) in [5.41, 5.74) is 8.94. The molecule has 0 saturated carbocycles. The van der Waals surface area contributed by atoms with E-state index in [2.05, 4.69) is 91.0 Å². The van der Waals surface area contributed by atoms with Crippen molar-refractivity contribution in [2.45, 2.75) is 0 Å². The summed E-state index contributed by atoms with van der Waals surface area (Å²) in [6.07, 6.45) is 0. The lowest BCUT2D eigenvalue weighted by atomic mass is 9.93. The van der Waals surface area contributed by atoms with E-state index in [4.69, 9.17) is 19.4 Å². The van der Waals surface area contributed by atoms with Gasteiger partial charge in [0, 0.05) is 47.6 Å². The second-order valence-corrected chi connectivity index (χ2v) is 13.5. The third-order valence-electron chi connectivity index (χ3n) is 9.36. The van der Waals surface area contributed by atoms with Crippen LogP contribution in [0.15, 0.2) is 168 Å². The molecule has 0 aliphatic heterocycles. The lowest BCUT2D eigenvalue weighted by molar-refractivity contribution is 0.669. The Balaban J connectivity index is 1.21. The minimum absolute atomic E-state index is 0.622. The van der Waals surface area contributed by atoms with Gasteiger partial charge in [0.2, 0.25) is 0 Å². The summed E-state index contributed by atoms with van der Waals surface area (Å²) in [5.74, 6) is 1.89. The zero-order valence-corrected chi connectivity index (χ0v) is 27.6. The molecule has 0 fully saturated rings. The van der Waals surface area contributed by atoms with Gasteiger partial charge in [0.25, 0.3) is 0 Å². The summed E-state index contributed by atoms with van der Waals surface area (Å²) >= 11 is 1.84. The number of furan rings is 1. The van der Waals surface area contributed by atoms with Gasteiger partial charge in [0.05, 0.1) is 0 Å². The van der Waals surface area contributed by atoms with E-state index in [1.807, 2.05) is 84.1 Å². The molecule has 3 aromatic heterocycles. The molecule has 3 heterocycles. The van der Waals surface area contributed by atoms with Crippen LogP contribution in [0.1, 0.15) is 0 Å². The Morgan fingerprint density at radius 2 is 0.920 bits per heavy atom. The first kappa shape index (κ1) is 28.6. The molecular weight excluding hydrogens is 631 g/mol. The summed E-state index contributed by atoms with van der Waals surface area (Å²) in [6.45, 7) is 0. The van der Waals surface area contributed by atoms with E-state index in [1.54, 1.807) is 0 Å². The summed E-state index contributed by atoms with van der Waals surface area (Å²) in [6, 6.07) is 56.9. The first-order valence-electron chi connectivity index (χ1n) is 16.6. The lowest BCUT2D eigenvalue weighted by Crippen LogP contribution is -2.01. The van der Waals surface area contributed by atoms with Gasteiger partial charge in [0.15, 0.2) is 17.5 Å². The molecule has 0 amide bonds. The van der Waals surface area contributed by atoms with Crippen molar-refractivity contribution in [2.24, 2.45) is 0 Å². The zero-order chi connectivity index (χ0) is 33.0. The summed E-state index contributed by atoms with van der Waals surface area (Å²) in [5, 5.41) is 4.76. The van der Waals surface area contributed by atoms with Crippen molar-refractivity contribution in [1.29, 1.82) is 0 Å². The predicted octanol–water partition coefficient (Wildman–Crippen LogP) is 12.5. The standard InChI is InChI=1S/C45H27N3OS/c1-3-11-28(12-4-1)43-46-44(29-13-5-2-6-14-29)48-45(47-43)36-23-20-30(31-19-22-35-34-16-8-10-18-41(34)50-42(35)27-31)25-37(36)32-21-24-40-38(26-32)33-15-7-9-17-39(33)49-40/h1-27H. The maximum Gasteiger partial charge on any atom is 0.164 e. The van der Waals surface area contributed by atoms with Crippen LogP contribution in [0.3, 0.4) is 0 Å². The number of rotatable bonds is 5. The molecule has 0 unspecified atom stereocenters. The minimum Gasteiger partial charge on any atom is -0.456 e. The van der Waals surface area contributed by atoms with Crippen LogP contribution in [0, 0.1) is 0 Å². The van der Waals surface area contributed by atoms with Gasteiger partial charge >= 0.3 is 0 Å². The van der Waals surface area contributed by atoms with E-state index >= 15 is 0 Å². The van der Waals surface area contributed by atoms with Gasteiger partial charge in [-0.2, -0.15) is 0 Å². The highest BCUT2D eigenvalue weighted by atomic mass is 32.1. The van der Waals surface area contributed by atoms with E-state index < -0.39 is 0 Å². The van der Waals surface area contributed by atoms with Gasteiger partial charge in [-0.05, 0) is 64.7 Å². The molecule has 10 aromatic rings. The third-order valence-corrected chi connectivity index (χ3v) is 10.5. The first-order valence-corrected chi connectivity index (χ1v) is 17.4. The second-order valence-electron chi connectivity index (χ2n) is 12.4. The summed E-state index contributed by atoms with van der Waals surface area (Å²) in [4.78, 5) is 15.2. The molecule has 0 radical (unpaired) electrons. The molecule has 5 heteroatoms. The van der Waals surface area contributed by atoms with E-state index in [-0.39, 0.29) is 0 Å². The second kappa shape index (κ2) is 11.6. The normalized spacial score (nSPS) is 11.6. The fraction of sp³-hybridized carbons (Fsp3) is 0. The fourth-order valence-corrected chi connectivity index (χ4v) is 8.03. The number of fused-ring (bicyclic) bond motifs is 6. The Morgan fingerprint density at radius 3 is 1.70 bits per heavy atom. The number of hydrogen-bond donors (Lipinski definition) is 0. The Labute approximate surface area is 292 Å². The van der Waals surface area contributed by atoms with Crippen LogP contribution in [-0.4, -0.2) is 15.0 Å². The summed E-state index contributed by atoms with van der Waals surface area (Å²) < 4.78 is 8.79. The monoisotopic (exact) mass is 657 g/mol.